The molecule has 124 valence electrons. The summed E-state index contributed by atoms with van der Waals surface area (Å²) in [6.07, 6.45) is 2.44. The highest BCUT2D eigenvalue weighted by Crippen LogP contribution is 2.32. The van der Waals surface area contributed by atoms with Crippen molar-refractivity contribution in [2.75, 3.05) is 16.8 Å². The van der Waals surface area contributed by atoms with Crippen LogP contribution >= 0.6 is 0 Å². The number of hydrogen-bond donors (Lipinski definition) is 1. The Morgan fingerprint density at radius 1 is 1.12 bits per heavy atom. The molecule has 1 heterocycles. The predicted octanol–water partition coefficient (Wildman–Crippen LogP) is 4.00. The van der Waals surface area contributed by atoms with Gasteiger partial charge in [0, 0.05) is 31.3 Å². The van der Waals surface area contributed by atoms with E-state index in [4.69, 9.17) is 0 Å². The Labute approximate surface area is 142 Å². The van der Waals surface area contributed by atoms with E-state index in [-0.39, 0.29) is 11.8 Å². The molecular formula is C20H22N2O2. The molecular weight excluding hydrogens is 300 g/mol. The average molecular weight is 322 g/mol. The van der Waals surface area contributed by atoms with Crippen molar-refractivity contribution >= 4 is 23.2 Å². The molecule has 1 N–H and O–H groups in total. The maximum Gasteiger partial charge on any atom is 0.224 e. The van der Waals surface area contributed by atoms with E-state index in [0.29, 0.717) is 6.42 Å². The molecule has 0 spiro atoms. The molecule has 1 aliphatic heterocycles. The molecule has 4 nitrogen and oxygen atoms in total. The van der Waals surface area contributed by atoms with Crippen molar-refractivity contribution in [1.82, 2.24) is 0 Å². The van der Waals surface area contributed by atoms with Crippen molar-refractivity contribution < 1.29 is 9.59 Å². The van der Waals surface area contributed by atoms with Crippen LogP contribution in [0.1, 0.15) is 32.3 Å². The number of fused-ring (bicyclic) bond motifs is 1. The van der Waals surface area contributed by atoms with Crippen LogP contribution in [0.2, 0.25) is 0 Å². The fourth-order valence-corrected chi connectivity index (χ4v) is 3.13. The Morgan fingerprint density at radius 2 is 1.92 bits per heavy atom. The molecule has 1 aliphatic rings. The summed E-state index contributed by atoms with van der Waals surface area (Å²) in [5, 5.41) is 2.89. The van der Waals surface area contributed by atoms with Crippen molar-refractivity contribution in [2.24, 2.45) is 0 Å². The molecule has 4 heteroatoms. The third-order valence-corrected chi connectivity index (χ3v) is 4.38. The minimum absolute atomic E-state index is 0.00897. The summed E-state index contributed by atoms with van der Waals surface area (Å²) < 4.78 is 0. The van der Waals surface area contributed by atoms with Gasteiger partial charge in [0.25, 0.3) is 0 Å². The summed E-state index contributed by atoms with van der Waals surface area (Å²) in [4.78, 5) is 25.2. The van der Waals surface area contributed by atoms with Gasteiger partial charge in [-0.15, -0.1) is 0 Å². The molecule has 0 saturated carbocycles. The van der Waals surface area contributed by atoms with Crippen LogP contribution in [0.3, 0.4) is 0 Å². The maximum absolute atomic E-state index is 11.8. The van der Waals surface area contributed by atoms with Crippen molar-refractivity contribution in [3.05, 3.63) is 48.0 Å². The van der Waals surface area contributed by atoms with Crippen molar-refractivity contribution in [1.29, 1.82) is 0 Å². The molecule has 0 aromatic heterocycles. The highest BCUT2D eigenvalue weighted by molar-refractivity contribution is 5.94. The molecule has 2 amide bonds. The first kappa shape index (κ1) is 16.2. The van der Waals surface area contributed by atoms with Gasteiger partial charge in [0.05, 0.1) is 0 Å². The Morgan fingerprint density at radius 3 is 2.67 bits per heavy atom. The van der Waals surface area contributed by atoms with Gasteiger partial charge in [-0.1, -0.05) is 25.1 Å². The minimum atomic E-state index is 0.00897. The standard InChI is InChI=1S/C20H22N2O2/c1-3-20(24)21-18-8-4-6-15(13-18)16-9-10-19-17(12-16)7-5-11-22(19)14(2)23/h4,6,8-10,12-13H,3,5,7,11H2,1-2H3,(H,21,24). The van der Waals surface area contributed by atoms with E-state index in [1.807, 2.05) is 48.2 Å². The molecule has 2 aromatic carbocycles. The fourth-order valence-electron chi connectivity index (χ4n) is 3.13. The van der Waals surface area contributed by atoms with Gasteiger partial charge in [-0.25, -0.2) is 0 Å². The van der Waals surface area contributed by atoms with Gasteiger partial charge in [0.2, 0.25) is 11.8 Å². The molecule has 2 aromatic rings. The van der Waals surface area contributed by atoms with Gasteiger partial charge >= 0.3 is 0 Å². The lowest BCUT2D eigenvalue weighted by atomic mass is 9.96. The second kappa shape index (κ2) is 6.87. The summed E-state index contributed by atoms with van der Waals surface area (Å²) in [5.41, 5.74) is 5.20. The second-order valence-corrected chi connectivity index (χ2v) is 6.10. The molecule has 0 unspecified atom stereocenters. The normalized spacial score (nSPS) is 13.3. The highest BCUT2D eigenvalue weighted by Gasteiger charge is 2.20. The van der Waals surface area contributed by atoms with Crippen LogP contribution < -0.4 is 10.2 Å². The summed E-state index contributed by atoms with van der Waals surface area (Å²) >= 11 is 0. The van der Waals surface area contributed by atoms with E-state index in [0.717, 1.165) is 41.9 Å². The number of anilines is 2. The zero-order chi connectivity index (χ0) is 17.1. The summed E-state index contributed by atoms with van der Waals surface area (Å²) in [6.45, 7) is 4.24. The lowest BCUT2D eigenvalue weighted by Crippen LogP contribution is -2.33. The Hall–Kier alpha value is -2.62. The number of nitrogens with zero attached hydrogens (tertiary/aromatic N) is 1. The number of aryl methyl sites for hydroxylation is 1. The van der Waals surface area contributed by atoms with Gasteiger partial charge < -0.3 is 10.2 Å². The third kappa shape index (κ3) is 3.32. The van der Waals surface area contributed by atoms with E-state index in [9.17, 15) is 9.59 Å². The number of nitrogens with one attached hydrogen (secondary N) is 1. The van der Waals surface area contributed by atoms with E-state index >= 15 is 0 Å². The van der Waals surface area contributed by atoms with Crippen molar-refractivity contribution in [2.45, 2.75) is 33.1 Å². The average Bonchev–Trinajstić information content (AvgIpc) is 2.60. The molecule has 3 rings (SSSR count). The molecule has 0 fully saturated rings. The fraction of sp³-hybridized carbons (Fsp3) is 0.300. The minimum Gasteiger partial charge on any atom is -0.326 e. The largest absolute Gasteiger partial charge is 0.326 e. The van der Waals surface area contributed by atoms with Gasteiger partial charge in [-0.05, 0) is 53.8 Å². The number of hydrogen-bond acceptors (Lipinski definition) is 2. The van der Waals surface area contributed by atoms with Gasteiger partial charge in [-0.3, -0.25) is 9.59 Å². The molecule has 0 saturated heterocycles. The third-order valence-electron chi connectivity index (χ3n) is 4.38. The number of amides is 2. The van der Waals surface area contributed by atoms with Gasteiger partial charge in [-0.2, -0.15) is 0 Å². The highest BCUT2D eigenvalue weighted by atomic mass is 16.2. The monoisotopic (exact) mass is 322 g/mol. The molecule has 0 bridgehead atoms. The van der Waals surface area contributed by atoms with Crippen LogP contribution in [0.4, 0.5) is 11.4 Å². The number of rotatable bonds is 3. The van der Waals surface area contributed by atoms with E-state index in [1.54, 1.807) is 6.92 Å². The van der Waals surface area contributed by atoms with E-state index in [1.165, 1.54) is 5.56 Å². The van der Waals surface area contributed by atoms with Gasteiger partial charge in [0.1, 0.15) is 0 Å². The summed E-state index contributed by atoms with van der Waals surface area (Å²) in [7, 11) is 0. The molecule has 0 radical (unpaired) electrons. The zero-order valence-electron chi connectivity index (χ0n) is 14.1. The lowest BCUT2D eigenvalue weighted by molar-refractivity contribution is -0.117. The predicted molar refractivity (Wildman–Crippen MR) is 97.1 cm³/mol. The Kier molecular flexibility index (Phi) is 4.65. The Balaban J connectivity index is 1.92. The first-order valence-corrected chi connectivity index (χ1v) is 8.40. The van der Waals surface area contributed by atoms with E-state index < -0.39 is 0 Å². The summed E-state index contributed by atoms with van der Waals surface area (Å²) in [6, 6.07) is 14.1. The van der Waals surface area contributed by atoms with Crippen LogP contribution in [0.5, 0.6) is 0 Å². The van der Waals surface area contributed by atoms with Crippen molar-refractivity contribution in [3.8, 4) is 11.1 Å². The smallest absolute Gasteiger partial charge is 0.224 e. The number of carbonyl (C=O) groups is 2. The topological polar surface area (TPSA) is 49.4 Å². The second-order valence-electron chi connectivity index (χ2n) is 6.10. The maximum atomic E-state index is 11.8. The van der Waals surface area contributed by atoms with Gasteiger partial charge in [0.15, 0.2) is 0 Å². The zero-order valence-corrected chi connectivity index (χ0v) is 14.1. The first-order valence-electron chi connectivity index (χ1n) is 8.40. The number of carbonyl (C=O) groups excluding carboxylic acids is 2. The van der Waals surface area contributed by atoms with Crippen LogP contribution in [0, 0.1) is 0 Å². The molecule has 0 atom stereocenters. The summed E-state index contributed by atoms with van der Waals surface area (Å²) in [5.74, 6) is 0.0997. The molecule has 0 aliphatic carbocycles. The van der Waals surface area contributed by atoms with Crippen molar-refractivity contribution in [3.63, 3.8) is 0 Å². The SMILES string of the molecule is CCC(=O)Nc1cccc(-c2ccc3c(c2)CCCN3C(C)=O)c1. The lowest BCUT2D eigenvalue weighted by Gasteiger charge is -2.29. The van der Waals surface area contributed by atoms with Crippen LogP contribution in [-0.4, -0.2) is 18.4 Å². The van der Waals surface area contributed by atoms with Crippen LogP contribution in [0.25, 0.3) is 11.1 Å². The van der Waals surface area contributed by atoms with Crippen LogP contribution in [0.15, 0.2) is 42.5 Å². The Bertz CT molecular complexity index is 783. The number of benzene rings is 2. The molecule has 24 heavy (non-hydrogen) atoms. The first-order chi connectivity index (χ1) is 11.6. The quantitative estimate of drug-likeness (QED) is 0.928. The van der Waals surface area contributed by atoms with Crippen LogP contribution in [-0.2, 0) is 16.0 Å². The van der Waals surface area contributed by atoms with E-state index in [2.05, 4.69) is 11.4 Å².